The van der Waals surface area contributed by atoms with Crippen molar-refractivity contribution in [2.45, 2.75) is 58.9 Å². The molecule has 0 amide bonds. The largest absolute Gasteiger partial charge is 0.497 e. The molecule has 0 aromatic heterocycles. The Hall–Kier alpha value is -1.02. The van der Waals surface area contributed by atoms with Gasteiger partial charge in [-0.25, -0.2) is 0 Å². The van der Waals surface area contributed by atoms with Crippen molar-refractivity contribution < 1.29 is 4.74 Å². The summed E-state index contributed by atoms with van der Waals surface area (Å²) in [6, 6.07) is 7.04. The maximum atomic E-state index is 5.35. The molecule has 0 spiro atoms. The van der Waals surface area contributed by atoms with Crippen LogP contribution >= 0.6 is 0 Å². The van der Waals surface area contributed by atoms with Crippen molar-refractivity contribution in [2.75, 3.05) is 13.7 Å². The standard InChI is InChI=1S/C19H31NO/c1-5-11-20-19(16-8-6-7-14(2)12-16)18-10-9-17(21-4)13-15(18)3/h9-10,13-14,16,19-20H,5-8,11-12H2,1-4H3. The molecule has 3 unspecified atom stereocenters. The molecule has 1 aliphatic rings. The number of ether oxygens (including phenoxy) is 1. The van der Waals surface area contributed by atoms with Crippen LogP contribution in [0.5, 0.6) is 5.75 Å². The highest BCUT2D eigenvalue weighted by molar-refractivity contribution is 5.37. The van der Waals surface area contributed by atoms with Gasteiger partial charge >= 0.3 is 0 Å². The van der Waals surface area contributed by atoms with Gasteiger partial charge in [0.2, 0.25) is 0 Å². The number of methoxy groups -OCH3 is 1. The molecule has 1 aliphatic carbocycles. The molecule has 0 saturated heterocycles. The molecule has 1 aromatic rings. The lowest BCUT2D eigenvalue weighted by atomic mass is 9.76. The number of rotatable bonds is 6. The minimum Gasteiger partial charge on any atom is -0.497 e. The van der Waals surface area contributed by atoms with Gasteiger partial charge in [-0.05, 0) is 67.8 Å². The first-order valence-corrected chi connectivity index (χ1v) is 8.53. The van der Waals surface area contributed by atoms with Crippen LogP contribution in [0.2, 0.25) is 0 Å². The zero-order valence-corrected chi connectivity index (χ0v) is 14.1. The average Bonchev–Trinajstić information content (AvgIpc) is 2.49. The Bertz CT molecular complexity index is 443. The Morgan fingerprint density at radius 2 is 2.14 bits per heavy atom. The second-order valence-corrected chi connectivity index (χ2v) is 6.69. The van der Waals surface area contributed by atoms with Crippen LogP contribution in [-0.2, 0) is 0 Å². The van der Waals surface area contributed by atoms with Crippen LogP contribution in [0.25, 0.3) is 0 Å². The van der Waals surface area contributed by atoms with Gasteiger partial charge in [0.1, 0.15) is 5.75 Å². The molecule has 0 bridgehead atoms. The van der Waals surface area contributed by atoms with Gasteiger partial charge in [-0.2, -0.15) is 0 Å². The summed E-state index contributed by atoms with van der Waals surface area (Å²) in [4.78, 5) is 0. The quantitative estimate of drug-likeness (QED) is 0.806. The topological polar surface area (TPSA) is 21.3 Å². The summed E-state index contributed by atoms with van der Waals surface area (Å²) in [5, 5.41) is 3.81. The fraction of sp³-hybridized carbons (Fsp3) is 0.684. The summed E-state index contributed by atoms with van der Waals surface area (Å²) in [6.07, 6.45) is 6.68. The van der Waals surface area contributed by atoms with Crippen molar-refractivity contribution in [1.29, 1.82) is 0 Å². The summed E-state index contributed by atoms with van der Waals surface area (Å²) in [5.74, 6) is 2.60. The molecule has 2 heteroatoms. The molecule has 0 aliphatic heterocycles. The SMILES string of the molecule is CCCNC(c1ccc(OC)cc1C)C1CCCC(C)C1. The first-order valence-electron chi connectivity index (χ1n) is 8.53. The number of nitrogens with one attached hydrogen (secondary N) is 1. The van der Waals surface area contributed by atoms with E-state index >= 15 is 0 Å². The maximum Gasteiger partial charge on any atom is 0.119 e. The predicted molar refractivity (Wildman–Crippen MR) is 89.9 cm³/mol. The summed E-state index contributed by atoms with van der Waals surface area (Å²) >= 11 is 0. The second-order valence-electron chi connectivity index (χ2n) is 6.69. The second kappa shape index (κ2) is 7.84. The van der Waals surface area contributed by atoms with Gasteiger partial charge in [0.15, 0.2) is 0 Å². The van der Waals surface area contributed by atoms with Crippen molar-refractivity contribution >= 4 is 0 Å². The van der Waals surface area contributed by atoms with Crippen LogP contribution in [0.3, 0.4) is 0 Å². The molecule has 1 N–H and O–H groups in total. The Morgan fingerprint density at radius 1 is 1.33 bits per heavy atom. The number of hydrogen-bond acceptors (Lipinski definition) is 2. The minimum atomic E-state index is 0.499. The lowest BCUT2D eigenvalue weighted by molar-refractivity contribution is 0.223. The minimum absolute atomic E-state index is 0.499. The Labute approximate surface area is 130 Å². The molecule has 1 saturated carbocycles. The van der Waals surface area contributed by atoms with Crippen molar-refractivity contribution in [3.8, 4) is 5.75 Å². The van der Waals surface area contributed by atoms with Crippen LogP contribution < -0.4 is 10.1 Å². The van der Waals surface area contributed by atoms with E-state index in [-0.39, 0.29) is 0 Å². The fourth-order valence-electron chi connectivity index (χ4n) is 3.74. The Kier molecular flexibility index (Phi) is 6.10. The average molecular weight is 289 g/mol. The van der Waals surface area contributed by atoms with Gasteiger partial charge < -0.3 is 10.1 Å². The number of hydrogen-bond donors (Lipinski definition) is 1. The van der Waals surface area contributed by atoms with Gasteiger partial charge in [0, 0.05) is 6.04 Å². The third-order valence-corrected chi connectivity index (χ3v) is 4.87. The Balaban J connectivity index is 2.22. The first kappa shape index (κ1) is 16.4. The molecule has 118 valence electrons. The molecule has 2 rings (SSSR count). The van der Waals surface area contributed by atoms with E-state index in [1.807, 2.05) is 0 Å². The Morgan fingerprint density at radius 3 is 2.76 bits per heavy atom. The van der Waals surface area contributed by atoms with E-state index in [9.17, 15) is 0 Å². The predicted octanol–water partition coefficient (Wildman–Crippen LogP) is 4.87. The van der Waals surface area contributed by atoms with E-state index in [1.165, 1.54) is 43.2 Å². The van der Waals surface area contributed by atoms with Crippen LogP contribution in [-0.4, -0.2) is 13.7 Å². The van der Waals surface area contributed by atoms with E-state index in [1.54, 1.807) is 7.11 Å². The van der Waals surface area contributed by atoms with Crippen molar-refractivity contribution in [3.63, 3.8) is 0 Å². The van der Waals surface area contributed by atoms with Crippen molar-refractivity contribution in [1.82, 2.24) is 5.32 Å². The van der Waals surface area contributed by atoms with E-state index in [2.05, 4.69) is 44.3 Å². The third kappa shape index (κ3) is 4.23. The summed E-state index contributed by atoms with van der Waals surface area (Å²) in [5.41, 5.74) is 2.81. The lowest BCUT2D eigenvalue weighted by Crippen LogP contribution is -2.32. The maximum absolute atomic E-state index is 5.35. The summed E-state index contributed by atoms with van der Waals surface area (Å²) < 4.78 is 5.35. The van der Waals surface area contributed by atoms with Gasteiger partial charge in [-0.15, -0.1) is 0 Å². The van der Waals surface area contributed by atoms with Gasteiger partial charge in [-0.3, -0.25) is 0 Å². The summed E-state index contributed by atoms with van der Waals surface area (Å²) in [7, 11) is 1.74. The molecule has 0 heterocycles. The van der Waals surface area contributed by atoms with Gasteiger partial charge in [-0.1, -0.05) is 32.8 Å². The third-order valence-electron chi connectivity index (χ3n) is 4.87. The molecule has 3 atom stereocenters. The van der Waals surface area contributed by atoms with Gasteiger partial charge in [0.25, 0.3) is 0 Å². The molecular weight excluding hydrogens is 258 g/mol. The first-order chi connectivity index (χ1) is 10.2. The number of aryl methyl sites for hydroxylation is 1. The fourth-order valence-corrected chi connectivity index (χ4v) is 3.74. The van der Waals surface area contributed by atoms with E-state index in [0.717, 1.165) is 24.1 Å². The highest BCUT2D eigenvalue weighted by atomic mass is 16.5. The summed E-state index contributed by atoms with van der Waals surface area (Å²) in [6.45, 7) is 7.96. The van der Waals surface area contributed by atoms with E-state index in [4.69, 9.17) is 4.74 Å². The van der Waals surface area contributed by atoms with Crippen molar-refractivity contribution in [2.24, 2.45) is 11.8 Å². The van der Waals surface area contributed by atoms with E-state index < -0.39 is 0 Å². The highest BCUT2D eigenvalue weighted by Gasteiger charge is 2.28. The molecule has 0 radical (unpaired) electrons. The van der Waals surface area contributed by atoms with Gasteiger partial charge in [0.05, 0.1) is 7.11 Å². The highest BCUT2D eigenvalue weighted by Crippen LogP contribution is 2.38. The monoisotopic (exact) mass is 289 g/mol. The number of benzene rings is 1. The zero-order chi connectivity index (χ0) is 15.2. The smallest absolute Gasteiger partial charge is 0.119 e. The molecular formula is C19H31NO. The van der Waals surface area contributed by atoms with Crippen LogP contribution in [0, 0.1) is 18.8 Å². The van der Waals surface area contributed by atoms with E-state index in [0.29, 0.717) is 6.04 Å². The van der Waals surface area contributed by atoms with Crippen LogP contribution in [0.1, 0.15) is 63.1 Å². The normalized spacial score (nSPS) is 23.8. The molecule has 21 heavy (non-hydrogen) atoms. The zero-order valence-electron chi connectivity index (χ0n) is 14.1. The van der Waals surface area contributed by atoms with Crippen LogP contribution in [0.4, 0.5) is 0 Å². The van der Waals surface area contributed by atoms with Crippen molar-refractivity contribution in [3.05, 3.63) is 29.3 Å². The molecule has 2 nitrogen and oxygen atoms in total. The molecule has 1 aromatic carbocycles. The molecule has 1 fully saturated rings. The lowest BCUT2D eigenvalue weighted by Gasteiger charge is -2.35. The van der Waals surface area contributed by atoms with Crippen LogP contribution in [0.15, 0.2) is 18.2 Å².